The van der Waals surface area contributed by atoms with Gasteiger partial charge in [0.1, 0.15) is 5.75 Å². The van der Waals surface area contributed by atoms with Crippen LogP contribution in [0.4, 0.5) is 0 Å². The third-order valence-corrected chi connectivity index (χ3v) is 5.45. The normalized spacial score (nSPS) is 11.1. The molecule has 0 fully saturated rings. The minimum absolute atomic E-state index is 0.00900. The summed E-state index contributed by atoms with van der Waals surface area (Å²) in [6.45, 7) is 1.43. The first-order valence-corrected chi connectivity index (χ1v) is 9.11. The Morgan fingerprint density at radius 1 is 1.04 bits per heavy atom. The van der Waals surface area contributed by atoms with E-state index in [0.29, 0.717) is 5.56 Å². The maximum Gasteiger partial charge on any atom is 0.312 e. The molecule has 0 saturated carbocycles. The summed E-state index contributed by atoms with van der Waals surface area (Å²) in [6, 6.07) is 12.1. The molecule has 0 aliphatic rings. The van der Waals surface area contributed by atoms with Gasteiger partial charge in [-0.2, -0.15) is 0 Å². The van der Waals surface area contributed by atoms with Crippen LogP contribution < -0.4 is 4.74 Å². The van der Waals surface area contributed by atoms with Crippen molar-refractivity contribution in [1.29, 1.82) is 0 Å². The molecule has 0 heterocycles. The number of carbonyl (C=O) groups is 2. The number of sulfone groups is 1. The molecule has 2 rings (SSSR count). The van der Waals surface area contributed by atoms with Gasteiger partial charge in [-0.25, -0.2) is 8.42 Å². The minimum Gasteiger partial charge on any atom is -0.427 e. The molecule has 0 spiro atoms. The smallest absolute Gasteiger partial charge is 0.312 e. The first kappa shape index (κ1) is 18.2. The Morgan fingerprint density at radius 2 is 1.67 bits per heavy atom. The molecule has 0 amide bonds. The molecule has 0 N–H and O–H groups in total. The number of halogens is 1. The third kappa shape index (κ3) is 4.66. The van der Waals surface area contributed by atoms with Crippen LogP contribution in [0.25, 0.3) is 0 Å². The van der Waals surface area contributed by atoms with Gasteiger partial charge in [0.25, 0.3) is 0 Å². The van der Waals surface area contributed by atoms with Gasteiger partial charge in [0.2, 0.25) is 0 Å². The topological polar surface area (TPSA) is 77.5 Å². The van der Waals surface area contributed by atoms with Crippen LogP contribution in [0.2, 0.25) is 5.02 Å². The molecule has 0 bridgehead atoms. The number of carbonyl (C=O) groups excluding carboxylic acids is 2. The van der Waals surface area contributed by atoms with Crippen molar-refractivity contribution in [2.45, 2.75) is 18.2 Å². The average molecular weight is 367 g/mol. The summed E-state index contributed by atoms with van der Waals surface area (Å²) in [5, 5.41) is 0.116. The molecule has 0 saturated heterocycles. The number of Topliss-reactive ketones (excluding diaryl/α,β-unsaturated/α-hetero) is 1. The van der Waals surface area contributed by atoms with E-state index in [1.54, 1.807) is 12.1 Å². The van der Waals surface area contributed by atoms with Crippen LogP contribution >= 0.6 is 11.6 Å². The number of benzene rings is 2. The molecular weight excluding hydrogens is 352 g/mol. The minimum atomic E-state index is -3.67. The van der Waals surface area contributed by atoms with Gasteiger partial charge in [0.15, 0.2) is 15.6 Å². The largest absolute Gasteiger partial charge is 0.427 e. The molecule has 0 atom stereocenters. The van der Waals surface area contributed by atoms with E-state index in [1.807, 2.05) is 0 Å². The zero-order valence-corrected chi connectivity index (χ0v) is 14.4. The number of ether oxygens (including phenoxy) is 1. The van der Waals surface area contributed by atoms with Crippen LogP contribution in [0.3, 0.4) is 0 Å². The first-order chi connectivity index (χ1) is 11.3. The number of esters is 1. The molecule has 7 heteroatoms. The monoisotopic (exact) mass is 366 g/mol. The predicted molar refractivity (Wildman–Crippen MR) is 90.2 cm³/mol. The molecule has 126 valence electrons. The van der Waals surface area contributed by atoms with Gasteiger partial charge in [0.05, 0.1) is 22.1 Å². The van der Waals surface area contributed by atoms with Gasteiger partial charge < -0.3 is 4.74 Å². The Kier molecular flexibility index (Phi) is 5.75. The van der Waals surface area contributed by atoms with E-state index < -0.39 is 21.6 Å². The van der Waals surface area contributed by atoms with E-state index in [0.717, 1.165) is 0 Å². The summed E-state index contributed by atoms with van der Waals surface area (Å²) in [5.74, 6) is -0.929. The molecule has 0 radical (unpaired) electrons. The molecule has 2 aromatic carbocycles. The number of ketones is 1. The van der Waals surface area contributed by atoms with E-state index in [-0.39, 0.29) is 27.9 Å². The Bertz CT molecular complexity index is 857. The summed E-state index contributed by atoms with van der Waals surface area (Å²) < 4.78 is 29.5. The van der Waals surface area contributed by atoms with Crippen LogP contribution in [0.5, 0.6) is 5.75 Å². The molecular formula is C17H15ClO5S. The second kappa shape index (κ2) is 7.59. The maximum atomic E-state index is 12.2. The highest BCUT2D eigenvalue weighted by Crippen LogP contribution is 2.22. The fourth-order valence-electron chi connectivity index (χ4n) is 1.96. The fraction of sp³-hybridized carbons (Fsp3) is 0.176. The fourth-order valence-corrected chi connectivity index (χ4v) is 3.76. The van der Waals surface area contributed by atoms with E-state index in [9.17, 15) is 18.0 Å². The van der Waals surface area contributed by atoms with Crippen molar-refractivity contribution < 1.29 is 22.7 Å². The molecule has 5 nitrogen and oxygen atoms in total. The molecule has 0 unspecified atom stereocenters. The van der Waals surface area contributed by atoms with Gasteiger partial charge >= 0.3 is 5.97 Å². The van der Waals surface area contributed by atoms with E-state index in [2.05, 4.69) is 0 Å². The predicted octanol–water partition coefficient (Wildman–Crippen LogP) is 3.31. The number of hydrogen-bond donors (Lipinski definition) is 0. The van der Waals surface area contributed by atoms with Crippen molar-refractivity contribution in [3.8, 4) is 5.75 Å². The second-order valence-corrected chi connectivity index (χ2v) is 7.54. The van der Waals surface area contributed by atoms with Crippen LogP contribution in [-0.4, -0.2) is 25.9 Å². The van der Waals surface area contributed by atoms with Crippen molar-refractivity contribution in [2.75, 3.05) is 5.75 Å². The first-order valence-electron chi connectivity index (χ1n) is 7.08. The Hall–Kier alpha value is -2.18. The van der Waals surface area contributed by atoms with Gasteiger partial charge in [-0.1, -0.05) is 23.7 Å². The van der Waals surface area contributed by atoms with E-state index in [1.165, 1.54) is 43.3 Å². The Morgan fingerprint density at radius 3 is 2.25 bits per heavy atom. The zero-order valence-electron chi connectivity index (χ0n) is 12.9. The van der Waals surface area contributed by atoms with Crippen molar-refractivity contribution in [2.24, 2.45) is 0 Å². The summed E-state index contributed by atoms with van der Waals surface area (Å²) in [7, 11) is -3.67. The maximum absolute atomic E-state index is 12.2. The Labute approximate surface area is 145 Å². The van der Waals surface area contributed by atoms with Crippen LogP contribution in [0.15, 0.2) is 53.4 Å². The average Bonchev–Trinajstić information content (AvgIpc) is 2.54. The lowest BCUT2D eigenvalue weighted by Gasteiger charge is -2.07. The zero-order chi connectivity index (χ0) is 17.7. The summed E-state index contributed by atoms with van der Waals surface area (Å²) >= 11 is 5.87. The Balaban J connectivity index is 1.98. The van der Waals surface area contributed by atoms with Gasteiger partial charge in [0, 0.05) is 5.56 Å². The quantitative estimate of drug-likeness (QED) is 0.445. The number of hydrogen-bond acceptors (Lipinski definition) is 5. The van der Waals surface area contributed by atoms with E-state index in [4.69, 9.17) is 16.3 Å². The third-order valence-electron chi connectivity index (χ3n) is 3.24. The molecule has 0 aromatic heterocycles. The van der Waals surface area contributed by atoms with Crippen LogP contribution in [0, 0.1) is 0 Å². The highest BCUT2D eigenvalue weighted by atomic mass is 35.5. The lowest BCUT2D eigenvalue weighted by molar-refractivity contribution is -0.133. The molecule has 24 heavy (non-hydrogen) atoms. The standard InChI is InChI=1S/C17H15ClO5S/c1-12(19)13-6-8-14(9-7-13)23-17(20)10-11-24(21,22)16-5-3-2-4-15(16)18/h2-9H,10-11H2,1H3. The summed E-state index contributed by atoms with van der Waals surface area (Å²) in [4.78, 5) is 23.0. The second-order valence-electron chi connectivity index (χ2n) is 5.05. The molecule has 2 aromatic rings. The SMILES string of the molecule is CC(=O)c1ccc(OC(=O)CCS(=O)(=O)c2ccccc2Cl)cc1. The van der Waals surface area contributed by atoms with Crippen LogP contribution in [0.1, 0.15) is 23.7 Å². The van der Waals surface area contributed by atoms with Crippen molar-refractivity contribution >= 4 is 33.2 Å². The lowest BCUT2D eigenvalue weighted by atomic mass is 10.1. The van der Waals surface area contributed by atoms with E-state index >= 15 is 0 Å². The highest BCUT2D eigenvalue weighted by Gasteiger charge is 2.20. The van der Waals surface area contributed by atoms with Gasteiger partial charge in [-0.15, -0.1) is 0 Å². The number of rotatable bonds is 6. The summed E-state index contributed by atoms with van der Waals surface area (Å²) in [6.07, 6.45) is -0.304. The van der Waals surface area contributed by atoms with Gasteiger partial charge in [-0.05, 0) is 43.3 Å². The summed E-state index contributed by atoms with van der Waals surface area (Å²) in [5.41, 5.74) is 0.496. The lowest BCUT2D eigenvalue weighted by Crippen LogP contribution is -2.15. The van der Waals surface area contributed by atoms with Crippen molar-refractivity contribution in [3.63, 3.8) is 0 Å². The van der Waals surface area contributed by atoms with Crippen LogP contribution in [-0.2, 0) is 14.6 Å². The molecule has 0 aliphatic heterocycles. The molecule has 0 aliphatic carbocycles. The van der Waals surface area contributed by atoms with Crippen molar-refractivity contribution in [1.82, 2.24) is 0 Å². The van der Waals surface area contributed by atoms with Crippen molar-refractivity contribution in [3.05, 3.63) is 59.1 Å². The van der Waals surface area contributed by atoms with Gasteiger partial charge in [-0.3, -0.25) is 9.59 Å². The highest BCUT2D eigenvalue weighted by molar-refractivity contribution is 7.91.